The largest absolute Gasteiger partial charge is 0.347 e. The van der Waals surface area contributed by atoms with Gasteiger partial charge in [0.15, 0.2) is 0 Å². The molecule has 2 amide bonds. The van der Waals surface area contributed by atoms with Gasteiger partial charge >= 0.3 is 0 Å². The Bertz CT molecular complexity index is 460. The zero-order valence-corrected chi connectivity index (χ0v) is 10.2. The Morgan fingerprint density at radius 3 is 3.00 bits per heavy atom. The molecule has 0 spiro atoms. The lowest BCUT2D eigenvalue weighted by molar-refractivity contribution is -0.116. The molecule has 17 heavy (non-hydrogen) atoms. The smallest absolute Gasteiger partial charge is 0.275 e. The third kappa shape index (κ3) is 3.23. The minimum atomic E-state index is -0.310. The molecule has 90 valence electrons. The Hall–Kier alpha value is -1.49. The summed E-state index contributed by atoms with van der Waals surface area (Å²) in [7, 11) is 0. The molecule has 0 fully saturated rings. The van der Waals surface area contributed by atoms with Gasteiger partial charge in [-0.05, 0) is 30.0 Å². The molecule has 0 radical (unpaired) electrons. The van der Waals surface area contributed by atoms with Gasteiger partial charge in [0.25, 0.3) is 5.24 Å². The highest BCUT2D eigenvalue weighted by Crippen LogP contribution is 2.23. The summed E-state index contributed by atoms with van der Waals surface area (Å²) < 4.78 is 0. The van der Waals surface area contributed by atoms with E-state index in [9.17, 15) is 9.59 Å². The van der Waals surface area contributed by atoms with Crippen LogP contribution in [0.3, 0.4) is 0 Å². The molecule has 1 heterocycles. The van der Waals surface area contributed by atoms with E-state index in [0.29, 0.717) is 13.0 Å². The average molecular weight is 250 g/mol. The number of carbonyl (C=O) groups excluding carboxylic acids is 2. The van der Waals surface area contributed by atoms with E-state index in [1.165, 1.54) is 5.56 Å². The highest BCUT2D eigenvalue weighted by Gasteiger charge is 2.14. The maximum atomic E-state index is 11.2. The number of amides is 2. The summed E-state index contributed by atoms with van der Waals surface area (Å²) in [5, 5.41) is 5.17. The number of fused-ring (bicyclic) bond motifs is 1. The normalized spacial score (nSPS) is 13.8. The summed E-state index contributed by atoms with van der Waals surface area (Å²) in [4.78, 5) is 21.8. The second kappa shape index (κ2) is 5.23. The average Bonchev–Trinajstić information content (AvgIpc) is 2.29. The third-order valence-corrected chi connectivity index (χ3v) is 2.91. The number of anilines is 1. The maximum absolute atomic E-state index is 11.2. The van der Waals surface area contributed by atoms with Crippen LogP contribution in [-0.4, -0.2) is 17.7 Å². The van der Waals surface area contributed by atoms with E-state index in [4.69, 9.17) is 0 Å². The van der Waals surface area contributed by atoms with Gasteiger partial charge in [0.05, 0.1) is 0 Å². The highest BCUT2D eigenvalue weighted by atomic mass is 32.1. The summed E-state index contributed by atoms with van der Waals surface area (Å²) in [5.41, 5.74) is 3.23. The SMILES string of the molecule is O=C(S)NCCc1ccc2c(c1)CCC(=O)N2. The molecule has 4 nitrogen and oxygen atoms in total. The second-order valence-corrected chi connectivity index (χ2v) is 4.43. The molecule has 0 bridgehead atoms. The summed E-state index contributed by atoms with van der Waals surface area (Å²) >= 11 is 3.64. The van der Waals surface area contributed by atoms with E-state index >= 15 is 0 Å². The van der Waals surface area contributed by atoms with E-state index < -0.39 is 0 Å². The van der Waals surface area contributed by atoms with Crippen LogP contribution >= 0.6 is 12.6 Å². The summed E-state index contributed by atoms with van der Waals surface area (Å²) in [6, 6.07) is 5.97. The van der Waals surface area contributed by atoms with Gasteiger partial charge in [-0.15, -0.1) is 0 Å². The van der Waals surface area contributed by atoms with Crippen LogP contribution < -0.4 is 10.6 Å². The third-order valence-electron chi connectivity index (χ3n) is 2.76. The summed E-state index contributed by atoms with van der Waals surface area (Å²) in [6.07, 6.45) is 2.10. The molecule has 0 aliphatic carbocycles. The molecule has 0 saturated carbocycles. The van der Waals surface area contributed by atoms with Gasteiger partial charge in [-0.25, -0.2) is 0 Å². The molecule has 2 rings (SSSR count). The van der Waals surface area contributed by atoms with Crippen molar-refractivity contribution in [2.45, 2.75) is 19.3 Å². The molecular weight excluding hydrogens is 236 g/mol. The van der Waals surface area contributed by atoms with Crippen LogP contribution in [0.2, 0.25) is 0 Å². The van der Waals surface area contributed by atoms with E-state index in [0.717, 1.165) is 24.1 Å². The van der Waals surface area contributed by atoms with Crippen molar-refractivity contribution in [1.82, 2.24) is 5.32 Å². The first-order valence-corrected chi connectivity index (χ1v) is 5.98. The maximum Gasteiger partial charge on any atom is 0.275 e. The molecule has 0 aromatic heterocycles. The van der Waals surface area contributed by atoms with Gasteiger partial charge in [0.1, 0.15) is 0 Å². The van der Waals surface area contributed by atoms with Gasteiger partial charge in [0, 0.05) is 18.7 Å². The van der Waals surface area contributed by atoms with Crippen molar-refractivity contribution in [3.05, 3.63) is 29.3 Å². The minimum absolute atomic E-state index is 0.0765. The van der Waals surface area contributed by atoms with Crippen molar-refractivity contribution in [3.8, 4) is 0 Å². The number of carbonyl (C=O) groups is 2. The molecule has 0 saturated heterocycles. The number of benzene rings is 1. The first kappa shape index (κ1) is 12.0. The van der Waals surface area contributed by atoms with Crippen LogP contribution in [-0.2, 0) is 17.6 Å². The molecule has 0 atom stereocenters. The number of aryl methyl sites for hydroxylation is 1. The number of nitrogens with one attached hydrogen (secondary N) is 2. The number of hydrogen-bond donors (Lipinski definition) is 3. The fourth-order valence-electron chi connectivity index (χ4n) is 1.91. The first-order valence-electron chi connectivity index (χ1n) is 5.53. The first-order chi connectivity index (χ1) is 8.15. The van der Waals surface area contributed by atoms with Crippen LogP contribution in [0.15, 0.2) is 18.2 Å². The van der Waals surface area contributed by atoms with Crippen molar-refractivity contribution >= 4 is 29.5 Å². The fraction of sp³-hybridized carbons (Fsp3) is 0.333. The molecule has 1 aromatic rings. The molecule has 1 aliphatic rings. The van der Waals surface area contributed by atoms with Crippen molar-refractivity contribution in [2.24, 2.45) is 0 Å². The zero-order valence-electron chi connectivity index (χ0n) is 9.32. The van der Waals surface area contributed by atoms with E-state index in [-0.39, 0.29) is 11.1 Å². The van der Waals surface area contributed by atoms with Crippen LogP contribution in [0.1, 0.15) is 17.5 Å². The fourth-order valence-corrected chi connectivity index (χ4v) is 2.02. The van der Waals surface area contributed by atoms with Crippen LogP contribution in [0.5, 0.6) is 0 Å². The standard InChI is InChI=1S/C12H14N2O2S/c15-11-4-2-9-7-8(1-3-10(9)14-11)5-6-13-12(16)17/h1,3,7H,2,4-6H2,(H,14,15)(H2,13,16,17). The van der Waals surface area contributed by atoms with E-state index in [1.807, 2.05) is 12.1 Å². The summed E-state index contributed by atoms with van der Waals surface area (Å²) in [6.45, 7) is 0.577. The number of hydrogen-bond acceptors (Lipinski definition) is 2. The van der Waals surface area contributed by atoms with Crippen LogP contribution in [0, 0.1) is 0 Å². The van der Waals surface area contributed by atoms with E-state index in [2.05, 4.69) is 29.3 Å². The van der Waals surface area contributed by atoms with Crippen molar-refractivity contribution in [2.75, 3.05) is 11.9 Å². The molecule has 5 heteroatoms. The molecule has 1 aromatic carbocycles. The Kier molecular flexibility index (Phi) is 3.68. The molecular formula is C12H14N2O2S. The van der Waals surface area contributed by atoms with Crippen molar-refractivity contribution < 1.29 is 9.59 Å². The number of rotatable bonds is 3. The second-order valence-electron chi connectivity index (χ2n) is 4.02. The topological polar surface area (TPSA) is 58.2 Å². The Morgan fingerprint density at radius 2 is 2.24 bits per heavy atom. The lowest BCUT2D eigenvalue weighted by Gasteiger charge is -2.17. The zero-order chi connectivity index (χ0) is 12.3. The molecule has 0 unspecified atom stereocenters. The monoisotopic (exact) mass is 250 g/mol. The van der Waals surface area contributed by atoms with Gasteiger partial charge in [-0.1, -0.05) is 24.8 Å². The quantitative estimate of drug-likeness (QED) is 0.716. The summed E-state index contributed by atoms with van der Waals surface area (Å²) in [5.74, 6) is 0.0765. The minimum Gasteiger partial charge on any atom is -0.347 e. The Morgan fingerprint density at radius 1 is 1.41 bits per heavy atom. The molecule has 2 N–H and O–H groups in total. The molecule has 1 aliphatic heterocycles. The van der Waals surface area contributed by atoms with Crippen LogP contribution in [0.4, 0.5) is 10.5 Å². The van der Waals surface area contributed by atoms with Gasteiger partial charge < -0.3 is 10.6 Å². The van der Waals surface area contributed by atoms with Gasteiger partial charge in [0.2, 0.25) is 5.91 Å². The lowest BCUT2D eigenvalue weighted by Crippen LogP contribution is -2.21. The van der Waals surface area contributed by atoms with Crippen molar-refractivity contribution in [3.63, 3.8) is 0 Å². The van der Waals surface area contributed by atoms with Crippen molar-refractivity contribution in [1.29, 1.82) is 0 Å². The predicted octanol–water partition coefficient (Wildman–Crippen LogP) is 1.75. The lowest BCUT2D eigenvalue weighted by atomic mass is 9.99. The Labute approximate surface area is 105 Å². The van der Waals surface area contributed by atoms with Gasteiger partial charge in [-0.2, -0.15) is 0 Å². The highest BCUT2D eigenvalue weighted by molar-refractivity contribution is 7.96. The van der Waals surface area contributed by atoms with Crippen LogP contribution in [0.25, 0.3) is 0 Å². The van der Waals surface area contributed by atoms with Gasteiger partial charge in [-0.3, -0.25) is 9.59 Å². The Balaban J connectivity index is 2.01. The number of thiol groups is 1. The predicted molar refractivity (Wildman–Crippen MR) is 69.5 cm³/mol. The van der Waals surface area contributed by atoms with E-state index in [1.54, 1.807) is 0 Å².